The predicted molar refractivity (Wildman–Crippen MR) is 37.6 cm³/mol. The molecule has 0 aromatic heterocycles. The zero-order chi connectivity index (χ0) is 9.19. The number of hydrogen-bond acceptors (Lipinski definition) is 2. The van der Waals surface area contributed by atoms with E-state index in [1.807, 2.05) is 0 Å². The highest BCUT2D eigenvalue weighted by Crippen LogP contribution is 2.25. The summed E-state index contributed by atoms with van der Waals surface area (Å²) in [6.45, 7) is 0.565. The average molecular weight is 183 g/mol. The summed E-state index contributed by atoms with van der Waals surface area (Å²) in [6.07, 6.45) is -3.14. The van der Waals surface area contributed by atoms with Crippen LogP contribution >= 0.6 is 0 Å². The van der Waals surface area contributed by atoms with Crippen LogP contribution in [0.1, 0.15) is 19.3 Å². The van der Waals surface area contributed by atoms with Crippen molar-refractivity contribution in [2.75, 3.05) is 6.61 Å². The molecule has 0 aliphatic carbocycles. The lowest BCUT2D eigenvalue weighted by Crippen LogP contribution is -2.39. The van der Waals surface area contributed by atoms with Crippen molar-refractivity contribution in [3.8, 4) is 0 Å². The van der Waals surface area contributed by atoms with Crippen molar-refractivity contribution in [1.29, 1.82) is 0 Å². The zero-order valence-corrected chi connectivity index (χ0v) is 6.60. The Morgan fingerprint density at radius 3 is 2.58 bits per heavy atom. The summed E-state index contributed by atoms with van der Waals surface area (Å²) in [5, 5.41) is 0. The molecule has 2 unspecified atom stereocenters. The van der Waals surface area contributed by atoms with Crippen LogP contribution in [0.2, 0.25) is 0 Å². The molecule has 5 heteroatoms. The van der Waals surface area contributed by atoms with E-state index in [-0.39, 0.29) is 12.5 Å². The number of rotatable bonds is 2. The van der Waals surface area contributed by atoms with Gasteiger partial charge in [-0.3, -0.25) is 0 Å². The summed E-state index contributed by atoms with van der Waals surface area (Å²) in [5.74, 6) is 0. The first kappa shape index (κ1) is 9.80. The maximum absolute atomic E-state index is 11.9. The molecule has 0 bridgehead atoms. The van der Waals surface area contributed by atoms with Crippen molar-refractivity contribution in [3.63, 3.8) is 0 Å². The summed E-state index contributed by atoms with van der Waals surface area (Å²) in [4.78, 5) is 0. The summed E-state index contributed by atoms with van der Waals surface area (Å²) >= 11 is 0. The second kappa shape index (κ2) is 3.62. The van der Waals surface area contributed by atoms with Crippen molar-refractivity contribution in [1.82, 2.24) is 0 Å². The smallest absolute Gasteiger partial charge is 0.378 e. The largest absolute Gasteiger partial charge is 0.403 e. The molecule has 1 fully saturated rings. The molecule has 0 amide bonds. The molecule has 0 radical (unpaired) electrons. The Balaban J connectivity index is 2.30. The third-order valence-corrected chi connectivity index (χ3v) is 1.96. The number of nitrogens with two attached hydrogens (primary N) is 1. The SMILES string of the molecule is NC(CC1CCCO1)C(F)(F)F. The molecule has 2 nitrogen and oxygen atoms in total. The molecule has 0 aromatic carbocycles. The van der Waals surface area contributed by atoms with E-state index in [0.29, 0.717) is 13.0 Å². The fourth-order valence-electron chi connectivity index (χ4n) is 1.25. The summed E-state index contributed by atoms with van der Waals surface area (Å²) in [5.41, 5.74) is 4.93. The first-order valence-electron chi connectivity index (χ1n) is 3.94. The van der Waals surface area contributed by atoms with Crippen molar-refractivity contribution in [3.05, 3.63) is 0 Å². The Bertz CT molecular complexity index is 142. The highest BCUT2D eigenvalue weighted by molar-refractivity contribution is 4.77. The summed E-state index contributed by atoms with van der Waals surface area (Å²) in [7, 11) is 0. The van der Waals surface area contributed by atoms with Gasteiger partial charge in [-0.05, 0) is 19.3 Å². The van der Waals surface area contributed by atoms with Gasteiger partial charge in [0.25, 0.3) is 0 Å². The van der Waals surface area contributed by atoms with E-state index < -0.39 is 12.2 Å². The van der Waals surface area contributed by atoms with Crippen molar-refractivity contribution >= 4 is 0 Å². The van der Waals surface area contributed by atoms with Crippen LogP contribution in [0.15, 0.2) is 0 Å². The fourth-order valence-corrected chi connectivity index (χ4v) is 1.25. The van der Waals surface area contributed by atoms with Gasteiger partial charge in [0.2, 0.25) is 0 Å². The van der Waals surface area contributed by atoms with E-state index >= 15 is 0 Å². The normalized spacial score (nSPS) is 27.5. The third-order valence-electron chi connectivity index (χ3n) is 1.96. The highest BCUT2D eigenvalue weighted by Gasteiger charge is 2.38. The van der Waals surface area contributed by atoms with E-state index in [4.69, 9.17) is 10.5 Å². The van der Waals surface area contributed by atoms with Crippen LogP contribution < -0.4 is 5.73 Å². The minimum atomic E-state index is -4.29. The molecule has 0 aromatic rings. The first-order chi connectivity index (χ1) is 5.50. The maximum Gasteiger partial charge on any atom is 0.403 e. The van der Waals surface area contributed by atoms with Crippen LogP contribution in [-0.4, -0.2) is 24.9 Å². The van der Waals surface area contributed by atoms with Gasteiger partial charge < -0.3 is 10.5 Å². The lowest BCUT2D eigenvalue weighted by Gasteiger charge is -2.18. The number of alkyl halides is 3. The van der Waals surface area contributed by atoms with Gasteiger partial charge in [-0.15, -0.1) is 0 Å². The van der Waals surface area contributed by atoms with E-state index in [1.165, 1.54) is 0 Å². The van der Waals surface area contributed by atoms with Crippen LogP contribution in [0.5, 0.6) is 0 Å². The second-order valence-electron chi connectivity index (χ2n) is 3.02. The van der Waals surface area contributed by atoms with Gasteiger partial charge >= 0.3 is 6.18 Å². The van der Waals surface area contributed by atoms with Crippen LogP contribution in [0.3, 0.4) is 0 Å². The fraction of sp³-hybridized carbons (Fsp3) is 1.00. The Morgan fingerprint density at radius 1 is 1.50 bits per heavy atom. The quantitative estimate of drug-likeness (QED) is 0.703. The number of hydrogen-bond donors (Lipinski definition) is 1. The third kappa shape index (κ3) is 2.64. The van der Waals surface area contributed by atoms with Crippen molar-refractivity contribution in [2.45, 2.75) is 37.6 Å². The van der Waals surface area contributed by atoms with Crippen molar-refractivity contribution < 1.29 is 17.9 Å². The monoisotopic (exact) mass is 183 g/mol. The molecule has 0 saturated carbocycles. The molecule has 1 aliphatic rings. The van der Waals surface area contributed by atoms with Gasteiger partial charge in [0, 0.05) is 6.61 Å². The van der Waals surface area contributed by atoms with Gasteiger partial charge in [-0.25, -0.2) is 0 Å². The molecule has 72 valence electrons. The molecule has 1 saturated heterocycles. The van der Waals surface area contributed by atoms with E-state index in [1.54, 1.807) is 0 Å². The van der Waals surface area contributed by atoms with Crippen LogP contribution in [0.25, 0.3) is 0 Å². The van der Waals surface area contributed by atoms with Crippen LogP contribution in [0, 0.1) is 0 Å². The number of halogens is 3. The Hall–Kier alpha value is -0.290. The lowest BCUT2D eigenvalue weighted by atomic mass is 10.1. The second-order valence-corrected chi connectivity index (χ2v) is 3.02. The van der Waals surface area contributed by atoms with Crippen LogP contribution in [0.4, 0.5) is 13.2 Å². The van der Waals surface area contributed by atoms with E-state index in [2.05, 4.69) is 0 Å². The van der Waals surface area contributed by atoms with E-state index in [9.17, 15) is 13.2 Å². The van der Waals surface area contributed by atoms with Gasteiger partial charge in [0.1, 0.15) is 6.04 Å². The standard InChI is InChI=1S/C7H12F3NO/c8-7(9,10)6(11)4-5-2-1-3-12-5/h5-6H,1-4,11H2. The highest BCUT2D eigenvalue weighted by atomic mass is 19.4. The van der Waals surface area contributed by atoms with Crippen molar-refractivity contribution in [2.24, 2.45) is 5.73 Å². The van der Waals surface area contributed by atoms with Gasteiger partial charge in [-0.1, -0.05) is 0 Å². The molecular formula is C7H12F3NO. The molecule has 12 heavy (non-hydrogen) atoms. The van der Waals surface area contributed by atoms with Gasteiger partial charge in [0.05, 0.1) is 6.10 Å². The topological polar surface area (TPSA) is 35.2 Å². The summed E-state index contributed by atoms with van der Waals surface area (Å²) < 4.78 is 40.8. The Labute approximate surface area is 68.9 Å². The minimum Gasteiger partial charge on any atom is -0.378 e. The number of ether oxygens (including phenoxy) is 1. The molecule has 1 rings (SSSR count). The zero-order valence-electron chi connectivity index (χ0n) is 6.60. The maximum atomic E-state index is 11.9. The Morgan fingerprint density at radius 2 is 2.17 bits per heavy atom. The molecule has 1 heterocycles. The Kier molecular flexibility index (Phi) is 2.95. The van der Waals surface area contributed by atoms with Crippen LogP contribution in [-0.2, 0) is 4.74 Å². The predicted octanol–water partition coefficient (Wildman–Crippen LogP) is 1.45. The van der Waals surface area contributed by atoms with E-state index in [0.717, 1.165) is 6.42 Å². The van der Waals surface area contributed by atoms with Gasteiger partial charge in [0.15, 0.2) is 0 Å². The molecule has 2 N–H and O–H groups in total. The summed E-state index contributed by atoms with van der Waals surface area (Å²) in [6, 6.07) is -1.74. The molecular weight excluding hydrogens is 171 g/mol. The average Bonchev–Trinajstić information content (AvgIpc) is 2.37. The lowest BCUT2D eigenvalue weighted by molar-refractivity contribution is -0.154. The molecule has 1 aliphatic heterocycles. The molecule has 2 atom stereocenters. The minimum absolute atomic E-state index is 0.108. The van der Waals surface area contributed by atoms with Gasteiger partial charge in [-0.2, -0.15) is 13.2 Å². The molecule has 0 spiro atoms. The first-order valence-corrected chi connectivity index (χ1v) is 3.94.